The van der Waals surface area contributed by atoms with Crippen molar-refractivity contribution in [1.82, 2.24) is 14.7 Å². The van der Waals surface area contributed by atoms with Crippen molar-refractivity contribution in [1.29, 1.82) is 0 Å². The number of anilines is 1. The molecule has 2 heterocycles. The lowest BCUT2D eigenvalue weighted by Gasteiger charge is -2.12. The number of para-hydroxylation sites is 1. The molecule has 2 aromatic rings. The predicted molar refractivity (Wildman–Crippen MR) is 80.5 cm³/mol. The molecular weight excluding hydrogens is 268 g/mol. The maximum atomic E-state index is 12.6. The third-order valence-corrected chi connectivity index (χ3v) is 3.87. The molecule has 2 N–H and O–H groups in total. The first-order valence-electron chi connectivity index (χ1n) is 6.98. The van der Waals surface area contributed by atoms with Gasteiger partial charge in [0.2, 0.25) is 5.91 Å². The SMILES string of the molecule is Cc1c(NC2CCC(=O)N2)c(=O)n(-c2ccccc2)n1C. The van der Waals surface area contributed by atoms with Crippen molar-refractivity contribution < 1.29 is 4.79 Å². The first-order valence-corrected chi connectivity index (χ1v) is 6.98. The first-order chi connectivity index (χ1) is 10.1. The van der Waals surface area contributed by atoms with Gasteiger partial charge in [-0.3, -0.25) is 14.3 Å². The van der Waals surface area contributed by atoms with Crippen LogP contribution in [-0.2, 0) is 11.8 Å². The Hall–Kier alpha value is -2.50. The number of hydrogen-bond acceptors (Lipinski definition) is 3. The molecular formula is C15H18N4O2. The zero-order valence-electron chi connectivity index (χ0n) is 12.1. The van der Waals surface area contributed by atoms with Crippen molar-refractivity contribution in [3.8, 4) is 5.69 Å². The van der Waals surface area contributed by atoms with Crippen molar-refractivity contribution in [3.05, 3.63) is 46.4 Å². The zero-order valence-corrected chi connectivity index (χ0v) is 12.1. The Labute approximate surface area is 122 Å². The van der Waals surface area contributed by atoms with E-state index in [1.54, 1.807) is 4.68 Å². The molecule has 110 valence electrons. The minimum atomic E-state index is -0.171. The summed E-state index contributed by atoms with van der Waals surface area (Å²) in [4.78, 5) is 23.9. The lowest BCUT2D eigenvalue weighted by Crippen LogP contribution is -2.34. The lowest BCUT2D eigenvalue weighted by atomic mass is 10.3. The van der Waals surface area contributed by atoms with Gasteiger partial charge in [0, 0.05) is 13.5 Å². The second-order valence-electron chi connectivity index (χ2n) is 5.24. The molecule has 0 saturated carbocycles. The Morgan fingerprint density at radius 2 is 1.95 bits per heavy atom. The number of benzene rings is 1. The van der Waals surface area contributed by atoms with Gasteiger partial charge in [0.25, 0.3) is 5.56 Å². The Balaban J connectivity index is 2.00. The van der Waals surface area contributed by atoms with Crippen LogP contribution in [0.3, 0.4) is 0 Å². The fraction of sp³-hybridized carbons (Fsp3) is 0.333. The van der Waals surface area contributed by atoms with Crippen LogP contribution in [0.25, 0.3) is 5.69 Å². The number of carbonyl (C=O) groups is 1. The average molecular weight is 286 g/mol. The summed E-state index contributed by atoms with van der Waals surface area (Å²) in [5, 5.41) is 5.97. The summed E-state index contributed by atoms with van der Waals surface area (Å²) < 4.78 is 3.44. The minimum absolute atomic E-state index is 0.0180. The number of rotatable bonds is 3. The van der Waals surface area contributed by atoms with Crippen LogP contribution in [0.1, 0.15) is 18.5 Å². The fourth-order valence-electron chi connectivity index (χ4n) is 2.63. The zero-order chi connectivity index (χ0) is 15.0. The fourth-order valence-corrected chi connectivity index (χ4v) is 2.63. The monoisotopic (exact) mass is 286 g/mol. The normalized spacial score (nSPS) is 17.8. The van der Waals surface area contributed by atoms with Gasteiger partial charge in [-0.2, -0.15) is 0 Å². The standard InChI is InChI=1S/C15H18N4O2/c1-10-14(17-12-8-9-13(20)16-12)15(21)19(18(10)2)11-6-4-3-5-7-11/h3-7,12,17H,8-9H2,1-2H3,(H,16,20). The molecule has 6 heteroatoms. The molecule has 1 fully saturated rings. The maximum absolute atomic E-state index is 12.6. The molecule has 0 bridgehead atoms. The van der Waals surface area contributed by atoms with Crippen molar-refractivity contribution in [2.24, 2.45) is 7.05 Å². The van der Waals surface area contributed by atoms with E-state index < -0.39 is 0 Å². The largest absolute Gasteiger partial charge is 0.359 e. The molecule has 1 amide bonds. The van der Waals surface area contributed by atoms with E-state index in [4.69, 9.17) is 0 Å². The van der Waals surface area contributed by atoms with Crippen LogP contribution in [0.4, 0.5) is 5.69 Å². The molecule has 1 aromatic heterocycles. The summed E-state index contributed by atoms with van der Waals surface area (Å²) in [6.07, 6.45) is 1.02. The van der Waals surface area contributed by atoms with E-state index in [0.29, 0.717) is 18.5 Å². The van der Waals surface area contributed by atoms with Gasteiger partial charge in [-0.25, -0.2) is 4.68 Å². The molecule has 6 nitrogen and oxygen atoms in total. The van der Waals surface area contributed by atoms with E-state index in [0.717, 1.165) is 11.4 Å². The maximum Gasteiger partial charge on any atom is 0.295 e. The van der Waals surface area contributed by atoms with Gasteiger partial charge < -0.3 is 10.6 Å². The number of aromatic nitrogens is 2. The topological polar surface area (TPSA) is 68.1 Å². The van der Waals surface area contributed by atoms with E-state index in [1.807, 2.05) is 49.0 Å². The number of nitrogens with zero attached hydrogens (tertiary/aromatic N) is 2. The minimum Gasteiger partial charge on any atom is -0.359 e. The van der Waals surface area contributed by atoms with Crippen LogP contribution in [0.5, 0.6) is 0 Å². The quantitative estimate of drug-likeness (QED) is 0.889. The average Bonchev–Trinajstić information content (AvgIpc) is 2.98. The summed E-state index contributed by atoms with van der Waals surface area (Å²) in [5.74, 6) is 0.0180. The highest BCUT2D eigenvalue weighted by atomic mass is 16.2. The van der Waals surface area contributed by atoms with Crippen LogP contribution >= 0.6 is 0 Å². The predicted octanol–water partition coefficient (Wildman–Crippen LogP) is 1.13. The molecule has 1 atom stereocenters. The van der Waals surface area contributed by atoms with Gasteiger partial charge in [-0.15, -0.1) is 0 Å². The Morgan fingerprint density at radius 3 is 2.57 bits per heavy atom. The van der Waals surface area contributed by atoms with Crippen LogP contribution in [0, 0.1) is 6.92 Å². The van der Waals surface area contributed by atoms with Crippen molar-refractivity contribution in [2.75, 3.05) is 5.32 Å². The molecule has 1 aliphatic rings. The Morgan fingerprint density at radius 1 is 1.24 bits per heavy atom. The van der Waals surface area contributed by atoms with E-state index in [2.05, 4.69) is 10.6 Å². The molecule has 0 radical (unpaired) electrons. The van der Waals surface area contributed by atoms with Crippen LogP contribution in [0.15, 0.2) is 35.1 Å². The summed E-state index contributed by atoms with van der Waals surface area (Å²) in [6.45, 7) is 1.89. The van der Waals surface area contributed by atoms with Crippen molar-refractivity contribution in [2.45, 2.75) is 25.9 Å². The van der Waals surface area contributed by atoms with E-state index >= 15 is 0 Å². The smallest absolute Gasteiger partial charge is 0.295 e. The Bertz CT molecular complexity index is 730. The third kappa shape index (κ3) is 2.33. The van der Waals surface area contributed by atoms with Gasteiger partial charge in [0.1, 0.15) is 5.69 Å². The van der Waals surface area contributed by atoms with Crippen LogP contribution < -0.4 is 16.2 Å². The molecule has 1 saturated heterocycles. The number of nitrogens with one attached hydrogen (secondary N) is 2. The van der Waals surface area contributed by atoms with Gasteiger partial charge in [0.05, 0.1) is 17.5 Å². The Kier molecular flexibility index (Phi) is 3.29. The highest BCUT2D eigenvalue weighted by molar-refractivity contribution is 5.79. The highest BCUT2D eigenvalue weighted by Gasteiger charge is 2.24. The van der Waals surface area contributed by atoms with Gasteiger partial charge in [-0.1, -0.05) is 18.2 Å². The molecule has 3 rings (SSSR count). The van der Waals surface area contributed by atoms with E-state index in [1.165, 1.54) is 0 Å². The number of amides is 1. The first kappa shape index (κ1) is 13.5. The molecule has 0 spiro atoms. The molecule has 1 unspecified atom stereocenters. The summed E-state index contributed by atoms with van der Waals surface area (Å²) >= 11 is 0. The second-order valence-corrected chi connectivity index (χ2v) is 5.24. The van der Waals surface area contributed by atoms with Crippen molar-refractivity contribution in [3.63, 3.8) is 0 Å². The van der Waals surface area contributed by atoms with Gasteiger partial charge in [0.15, 0.2) is 0 Å². The number of hydrogen-bond donors (Lipinski definition) is 2. The van der Waals surface area contributed by atoms with E-state index in [9.17, 15) is 9.59 Å². The van der Waals surface area contributed by atoms with Crippen molar-refractivity contribution >= 4 is 11.6 Å². The summed E-state index contributed by atoms with van der Waals surface area (Å²) in [6, 6.07) is 9.49. The number of carbonyl (C=O) groups excluding carboxylic acids is 1. The third-order valence-electron chi connectivity index (χ3n) is 3.87. The lowest BCUT2D eigenvalue weighted by molar-refractivity contribution is -0.119. The van der Waals surface area contributed by atoms with Gasteiger partial charge >= 0.3 is 0 Å². The summed E-state index contributed by atoms with van der Waals surface area (Å²) in [5.41, 5.74) is 2.08. The molecule has 21 heavy (non-hydrogen) atoms. The molecule has 0 aliphatic carbocycles. The van der Waals surface area contributed by atoms with Crippen LogP contribution in [0.2, 0.25) is 0 Å². The summed E-state index contributed by atoms with van der Waals surface area (Å²) in [7, 11) is 1.85. The second kappa shape index (κ2) is 5.12. The van der Waals surface area contributed by atoms with Gasteiger partial charge in [-0.05, 0) is 25.5 Å². The molecule has 1 aliphatic heterocycles. The highest BCUT2D eigenvalue weighted by Crippen LogP contribution is 2.16. The van der Waals surface area contributed by atoms with E-state index in [-0.39, 0.29) is 17.6 Å². The molecule has 1 aromatic carbocycles. The van der Waals surface area contributed by atoms with Crippen LogP contribution in [-0.4, -0.2) is 21.4 Å².